The van der Waals surface area contributed by atoms with E-state index < -0.39 is 0 Å². The first-order valence-corrected chi connectivity index (χ1v) is 8.14. The Hall–Kier alpha value is -2.23. The predicted octanol–water partition coefficient (Wildman–Crippen LogP) is 6.68. The second-order valence-electron chi connectivity index (χ2n) is 4.97. The van der Waals surface area contributed by atoms with Crippen LogP contribution in [0.1, 0.15) is 32.3 Å². The molecule has 0 amide bonds. The highest BCUT2D eigenvalue weighted by Gasteiger charge is 2.13. The van der Waals surface area contributed by atoms with Crippen LogP contribution >= 0.6 is 11.6 Å². The molecule has 0 aliphatic carbocycles. The van der Waals surface area contributed by atoms with Gasteiger partial charge < -0.3 is 0 Å². The van der Waals surface area contributed by atoms with E-state index in [1.807, 2.05) is 49.4 Å². The Kier molecular flexibility index (Phi) is 8.58. The minimum Gasteiger partial charge on any atom is -0.115 e. The molecule has 0 fully saturated rings. The maximum Gasteiger partial charge on any atom is 0.0559 e. The van der Waals surface area contributed by atoms with E-state index in [2.05, 4.69) is 25.5 Å². The number of allylic oxidation sites excluding steroid dienone is 9. The molecule has 0 N–H and O–H groups in total. The van der Waals surface area contributed by atoms with Crippen molar-refractivity contribution in [2.24, 2.45) is 0 Å². The summed E-state index contributed by atoms with van der Waals surface area (Å²) in [5.74, 6) is 2.61. The standard InChI is InChI=1S/C22H23Cl/c1-5-9-15-18(8-4)22(23)21(19(13-6-2)14-7-3)20-16-11-10-12-17-20/h2,7-8,10-17H,4-5,9H2,1,3H3/b14-7-,18-15+,19-13+,22-21-. The largest absolute Gasteiger partial charge is 0.115 e. The Morgan fingerprint density at radius 1 is 1.26 bits per heavy atom. The highest BCUT2D eigenvalue weighted by molar-refractivity contribution is 6.36. The Bertz CT molecular complexity index is 676. The van der Waals surface area contributed by atoms with E-state index in [1.165, 1.54) is 0 Å². The fourth-order valence-corrected chi connectivity index (χ4v) is 2.58. The summed E-state index contributed by atoms with van der Waals surface area (Å²) in [4.78, 5) is 0. The van der Waals surface area contributed by atoms with Gasteiger partial charge >= 0.3 is 0 Å². The van der Waals surface area contributed by atoms with Gasteiger partial charge in [0, 0.05) is 5.57 Å². The molecular formula is C22H23Cl. The van der Waals surface area contributed by atoms with Gasteiger partial charge in [-0.3, -0.25) is 0 Å². The molecule has 1 heteroatoms. The minimum absolute atomic E-state index is 0.666. The van der Waals surface area contributed by atoms with E-state index in [9.17, 15) is 0 Å². The van der Waals surface area contributed by atoms with Gasteiger partial charge in [-0.25, -0.2) is 0 Å². The predicted molar refractivity (Wildman–Crippen MR) is 104 cm³/mol. The number of rotatable bonds is 7. The molecular weight excluding hydrogens is 300 g/mol. The molecule has 0 atom stereocenters. The minimum atomic E-state index is 0.666. The highest BCUT2D eigenvalue weighted by atomic mass is 35.5. The third-order valence-corrected chi connectivity index (χ3v) is 3.69. The van der Waals surface area contributed by atoms with Crippen molar-refractivity contribution in [3.63, 3.8) is 0 Å². The fraction of sp³-hybridized carbons (Fsp3) is 0.182. The topological polar surface area (TPSA) is 0 Å². The van der Waals surface area contributed by atoms with Crippen molar-refractivity contribution >= 4 is 17.2 Å². The lowest BCUT2D eigenvalue weighted by molar-refractivity contribution is 0.954. The molecule has 23 heavy (non-hydrogen) atoms. The molecule has 0 saturated heterocycles. The van der Waals surface area contributed by atoms with Crippen molar-refractivity contribution in [3.8, 4) is 12.3 Å². The van der Waals surface area contributed by atoms with Gasteiger partial charge in [-0.05, 0) is 36.1 Å². The number of benzene rings is 1. The molecule has 118 valence electrons. The van der Waals surface area contributed by atoms with Crippen LogP contribution in [0.2, 0.25) is 0 Å². The molecule has 0 bridgehead atoms. The first kappa shape index (κ1) is 18.8. The van der Waals surface area contributed by atoms with E-state index in [1.54, 1.807) is 12.2 Å². The molecule has 0 nitrogen and oxygen atoms in total. The van der Waals surface area contributed by atoms with Gasteiger partial charge in [0.1, 0.15) is 0 Å². The van der Waals surface area contributed by atoms with Gasteiger partial charge in [0.25, 0.3) is 0 Å². The van der Waals surface area contributed by atoms with Gasteiger partial charge in [-0.1, -0.05) is 92.1 Å². The van der Waals surface area contributed by atoms with E-state index in [-0.39, 0.29) is 0 Å². The first-order chi connectivity index (χ1) is 11.2. The zero-order valence-corrected chi connectivity index (χ0v) is 14.6. The van der Waals surface area contributed by atoms with Crippen molar-refractivity contribution in [1.82, 2.24) is 0 Å². The molecule has 1 rings (SSSR count). The van der Waals surface area contributed by atoms with E-state index >= 15 is 0 Å². The molecule has 0 saturated carbocycles. The van der Waals surface area contributed by atoms with Crippen LogP contribution in [-0.4, -0.2) is 0 Å². The lowest BCUT2D eigenvalue weighted by Crippen LogP contribution is -1.93. The van der Waals surface area contributed by atoms with Crippen molar-refractivity contribution in [3.05, 3.63) is 89.0 Å². The third-order valence-electron chi connectivity index (χ3n) is 3.28. The SMILES string of the molecule is C#C/C=C(\C=C/C)C(=C(Cl)\C(C=C)=C\CCC)/c1ccccc1. The summed E-state index contributed by atoms with van der Waals surface area (Å²) in [6.45, 7) is 7.99. The first-order valence-electron chi connectivity index (χ1n) is 7.77. The van der Waals surface area contributed by atoms with Crippen molar-refractivity contribution < 1.29 is 0 Å². The summed E-state index contributed by atoms with van der Waals surface area (Å²) >= 11 is 6.75. The second kappa shape index (κ2) is 10.5. The summed E-state index contributed by atoms with van der Waals surface area (Å²) in [7, 11) is 0. The zero-order chi connectivity index (χ0) is 17.1. The lowest BCUT2D eigenvalue weighted by Gasteiger charge is -2.13. The van der Waals surface area contributed by atoms with Crippen molar-refractivity contribution in [2.75, 3.05) is 0 Å². The Balaban J connectivity index is 3.63. The zero-order valence-electron chi connectivity index (χ0n) is 13.9. The molecule has 1 aromatic rings. The molecule has 0 aliphatic heterocycles. The Morgan fingerprint density at radius 3 is 2.48 bits per heavy atom. The summed E-state index contributed by atoms with van der Waals surface area (Å²) in [5, 5.41) is 0.666. The average molecular weight is 323 g/mol. The molecule has 0 heterocycles. The summed E-state index contributed by atoms with van der Waals surface area (Å²) in [6.07, 6.45) is 17.1. The average Bonchev–Trinajstić information content (AvgIpc) is 2.57. The molecule has 0 aliphatic rings. The van der Waals surface area contributed by atoms with Crippen LogP contribution < -0.4 is 0 Å². The maximum atomic E-state index is 6.75. The van der Waals surface area contributed by atoms with Crippen molar-refractivity contribution in [1.29, 1.82) is 0 Å². The van der Waals surface area contributed by atoms with Crippen LogP contribution in [-0.2, 0) is 0 Å². The number of unbranched alkanes of at least 4 members (excludes halogenated alkanes) is 1. The van der Waals surface area contributed by atoms with Crippen LogP contribution in [0.15, 0.2) is 83.5 Å². The smallest absolute Gasteiger partial charge is 0.0559 e. The summed E-state index contributed by atoms with van der Waals surface area (Å²) in [6, 6.07) is 10.0. The van der Waals surface area contributed by atoms with Crippen LogP contribution in [0.3, 0.4) is 0 Å². The van der Waals surface area contributed by atoms with Gasteiger partial charge in [0.05, 0.1) is 5.03 Å². The highest BCUT2D eigenvalue weighted by Crippen LogP contribution is 2.34. The summed E-state index contributed by atoms with van der Waals surface area (Å²) in [5.41, 5.74) is 3.79. The molecule has 0 aromatic heterocycles. The molecule has 1 aromatic carbocycles. The third kappa shape index (κ3) is 5.47. The fourth-order valence-electron chi connectivity index (χ4n) is 2.20. The van der Waals surface area contributed by atoms with Gasteiger partial charge in [-0.15, -0.1) is 6.42 Å². The van der Waals surface area contributed by atoms with Gasteiger partial charge in [0.15, 0.2) is 0 Å². The monoisotopic (exact) mass is 322 g/mol. The van der Waals surface area contributed by atoms with E-state index in [0.29, 0.717) is 5.03 Å². The quantitative estimate of drug-likeness (QED) is 0.387. The van der Waals surface area contributed by atoms with Crippen molar-refractivity contribution in [2.45, 2.75) is 26.7 Å². The van der Waals surface area contributed by atoms with E-state index in [4.69, 9.17) is 18.0 Å². The normalized spacial score (nSPS) is 13.7. The Morgan fingerprint density at radius 2 is 1.96 bits per heavy atom. The van der Waals surface area contributed by atoms with Crippen LogP contribution in [0, 0.1) is 12.3 Å². The Labute approximate surface area is 145 Å². The van der Waals surface area contributed by atoms with Gasteiger partial charge in [-0.2, -0.15) is 0 Å². The number of halogens is 1. The van der Waals surface area contributed by atoms with Crippen LogP contribution in [0.4, 0.5) is 0 Å². The summed E-state index contributed by atoms with van der Waals surface area (Å²) < 4.78 is 0. The number of hydrogen-bond acceptors (Lipinski definition) is 0. The molecule has 0 radical (unpaired) electrons. The molecule has 0 spiro atoms. The lowest BCUT2D eigenvalue weighted by atomic mass is 9.94. The molecule has 0 unspecified atom stereocenters. The maximum absolute atomic E-state index is 6.75. The second-order valence-corrected chi connectivity index (χ2v) is 5.35. The van der Waals surface area contributed by atoms with Crippen LogP contribution in [0.5, 0.6) is 0 Å². The van der Waals surface area contributed by atoms with Crippen LogP contribution in [0.25, 0.3) is 5.57 Å². The number of hydrogen-bond donors (Lipinski definition) is 0. The van der Waals surface area contributed by atoms with E-state index in [0.717, 1.165) is 35.1 Å². The van der Waals surface area contributed by atoms with Gasteiger partial charge in [0.2, 0.25) is 0 Å². The number of terminal acetylenes is 1.